The van der Waals surface area contributed by atoms with Crippen molar-refractivity contribution in [2.24, 2.45) is 0 Å². The molecule has 110 valence electrons. The van der Waals surface area contributed by atoms with Gasteiger partial charge < -0.3 is 5.32 Å². The highest BCUT2D eigenvalue weighted by molar-refractivity contribution is 6.06. The average Bonchev–Trinajstić information content (AvgIpc) is 3.01. The third-order valence-electron chi connectivity index (χ3n) is 2.88. The molecule has 0 fully saturated rings. The highest BCUT2D eigenvalue weighted by atomic mass is 19.1. The monoisotopic (exact) mass is 301 g/mol. The van der Waals surface area contributed by atoms with Crippen LogP contribution in [0.2, 0.25) is 0 Å². The molecule has 2 aromatic carbocycles. The first kappa shape index (κ1) is 13.8. The van der Waals surface area contributed by atoms with E-state index in [1.54, 1.807) is 6.07 Å². The molecular weight excluding hydrogens is 292 g/mol. The Labute approximate surface area is 123 Å². The molecule has 22 heavy (non-hydrogen) atoms. The molecule has 0 saturated heterocycles. The molecule has 1 aromatic heterocycles. The third-order valence-corrected chi connectivity index (χ3v) is 2.88. The van der Waals surface area contributed by atoms with Crippen LogP contribution in [0.1, 0.15) is 10.4 Å². The van der Waals surface area contributed by atoms with Crippen molar-refractivity contribution >= 4 is 11.6 Å². The van der Waals surface area contributed by atoms with Crippen LogP contribution in [0, 0.1) is 11.6 Å². The van der Waals surface area contributed by atoms with Gasteiger partial charge >= 0.3 is 0 Å². The summed E-state index contributed by atoms with van der Waals surface area (Å²) in [6, 6.07) is 9.05. The quantitative estimate of drug-likeness (QED) is 0.805. The first-order valence-electron chi connectivity index (χ1n) is 6.23. The van der Waals surface area contributed by atoms with Gasteiger partial charge in [0.15, 0.2) is 0 Å². The lowest BCUT2D eigenvalue weighted by Crippen LogP contribution is -2.15. The molecule has 1 heterocycles. The zero-order valence-electron chi connectivity index (χ0n) is 11.1. The molecule has 0 aliphatic rings. The number of benzene rings is 2. The van der Waals surface area contributed by atoms with Crippen LogP contribution in [0.4, 0.5) is 14.5 Å². The van der Waals surface area contributed by atoms with Crippen LogP contribution in [0.15, 0.2) is 48.8 Å². The third kappa shape index (κ3) is 2.80. The lowest BCUT2D eigenvalue weighted by molar-refractivity contribution is 0.102. The molecule has 0 atom stereocenters. The van der Waals surface area contributed by atoms with E-state index in [2.05, 4.69) is 20.8 Å². The second-order valence-corrected chi connectivity index (χ2v) is 4.38. The maximum Gasteiger partial charge on any atom is 0.257 e. The van der Waals surface area contributed by atoms with E-state index in [0.717, 1.165) is 12.1 Å². The van der Waals surface area contributed by atoms with Gasteiger partial charge in [-0.15, -0.1) is 5.10 Å². The van der Waals surface area contributed by atoms with Gasteiger partial charge in [-0.05, 0) is 40.8 Å². The van der Waals surface area contributed by atoms with Gasteiger partial charge in [0.1, 0.15) is 18.0 Å². The molecule has 0 radical (unpaired) electrons. The van der Waals surface area contributed by atoms with Gasteiger partial charge in [-0.3, -0.25) is 4.79 Å². The Morgan fingerprint density at radius 1 is 1.09 bits per heavy atom. The Morgan fingerprint density at radius 3 is 2.64 bits per heavy atom. The zero-order chi connectivity index (χ0) is 15.5. The number of hydrogen-bond donors (Lipinski definition) is 1. The Kier molecular flexibility index (Phi) is 3.57. The number of nitrogens with one attached hydrogen (secondary N) is 1. The average molecular weight is 301 g/mol. The first-order chi connectivity index (χ1) is 10.6. The number of anilines is 1. The summed E-state index contributed by atoms with van der Waals surface area (Å²) in [6.45, 7) is 0. The summed E-state index contributed by atoms with van der Waals surface area (Å²) in [5.41, 5.74) is 0.619. The van der Waals surface area contributed by atoms with Crippen molar-refractivity contribution in [3.05, 3.63) is 66.0 Å². The number of nitrogens with zero attached hydrogens (tertiary/aromatic N) is 4. The van der Waals surface area contributed by atoms with Crippen LogP contribution in [0.5, 0.6) is 0 Å². The molecular formula is C14H9F2N5O. The van der Waals surface area contributed by atoms with Crippen LogP contribution in [-0.2, 0) is 0 Å². The van der Waals surface area contributed by atoms with Crippen molar-refractivity contribution in [3.8, 4) is 5.69 Å². The van der Waals surface area contributed by atoms with Crippen molar-refractivity contribution in [2.75, 3.05) is 5.32 Å². The summed E-state index contributed by atoms with van der Waals surface area (Å²) in [5.74, 6) is -1.54. The standard InChI is InChI=1S/C14H9F2N5O/c15-9-2-1-3-11(6-9)18-14(22)12-5-4-10(16)7-13(12)21-8-17-19-20-21/h1-8H,(H,18,22). The highest BCUT2D eigenvalue weighted by Crippen LogP contribution is 2.17. The lowest BCUT2D eigenvalue weighted by Gasteiger charge is -2.09. The summed E-state index contributed by atoms with van der Waals surface area (Å²) in [7, 11) is 0. The van der Waals surface area contributed by atoms with Gasteiger partial charge in [0.05, 0.1) is 11.3 Å². The normalized spacial score (nSPS) is 10.5. The number of halogens is 2. The number of rotatable bonds is 3. The van der Waals surface area contributed by atoms with Gasteiger partial charge in [-0.1, -0.05) is 6.07 Å². The van der Waals surface area contributed by atoms with E-state index < -0.39 is 17.5 Å². The van der Waals surface area contributed by atoms with E-state index in [1.807, 2.05) is 0 Å². The minimum absolute atomic E-state index is 0.151. The van der Waals surface area contributed by atoms with E-state index in [4.69, 9.17) is 0 Å². The Balaban J connectivity index is 1.96. The number of amides is 1. The van der Waals surface area contributed by atoms with Gasteiger partial charge in [0, 0.05) is 11.8 Å². The van der Waals surface area contributed by atoms with Crippen LogP contribution < -0.4 is 5.32 Å². The van der Waals surface area contributed by atoms with Crippen molar-refractivity contribution in [3.63, 3.8) is 0 Å². The zero-order valence-corrected chi connectivity index (χ0v) is 11.1. The van der Waals surface area contributed by atoms with E-state index in [9.17, 15) is 13.6 Å². The minimum Gasteiger partial charge on any atom is -0.322 e. The summed E-state index contributed by atoms with van der Waals surface area (Å²) in [6.07, 6.45) is 1.24. The molecule has 0 spiro atoms. The van der Waals surface area contributed by atoms with Crippen LogP contribution in [-0.4, -0.2) is 26.1 Å². The van der Waals surface area contributed by atoms with E-state index in [-0.39, 0.29) is 16.9 Å². The largest absolute Gasteiger partial charge is 0.322 e. The van der Waals surface area contributed by atoms with Crippen LogP contribution in [0.3, 0.4) is 0 Å². The van der Waals surface area contributed by atoms with E-state index in [1.165, 1.54) is 35.3 Å². The van der Waals surface area contributed by atoms with Gasteiger partial charge in [-0.2, -0.15) is 4.68 Å². The van der Waals surface area contributed by atoms with Crippen molar-refractivity contribution < 1.29 is 13.6 Å². The summed E-state index contributed by atoms with van der Waals surface area (Å²) >= 11 is 0. The predicted molar refractivity (Wildman–Crippen MR) is 73.5 cm³/mol. The number of hydrogen-bond acceptors (Lipinski definition) is 4. The molecule has 0 aliphatic carbocycles. The second kappa shape index (κ2) is 5.68. The van der Waals surface area contributed by atoms with E-state index in [0.29, 0.717) is 0 Å². The molecule has 3 rings (SSSR count). The smallest absolute Gasteiger partial charge is 0.257 e. The molecule has 0 unspecified atom stereocenters. The maximum absolute atomic E-state index is 13.4. The summed E-state index contributed by atoms with van der Waals surface area (Å²) in [5, 5.41) is 13.1. The molecule has 0 aliphatic heterocycles. The molecule has 0 saturated carbocycles. The summed E-state index contributed by atoms with van der Waals surface area (Å²) < 4.78 is 27.7. The lowest BCUT2D eigenvalue weighted by atomic mass is 10.1. The highest BCUT2D eigenvalue weighted by Gasteiger charge is 2.15. The topological polar surface area (TPSA) is 72.7 Å². The van der Waals surface area contributed by atoms with Crippen LogP contribution in [0.25, 0.3) is 5.69 Å². The second-order valence-electron chi connectivity index (χ2n) is 4.38. The van der Waals surface area contributed by atoms with Crippen LogP contribution >= 0.6 is 0 Å². The molecule has 1 amide bonds. The first-order valence-corrected chi connectivity index (χ1v) is 6.23. The van der Waals surface area contributed by atoms with Gasteiger partial charge in [0.25, 0.3) is 5.91 Å². The Bertz CT molecular complexity index is 820. The number of carbonyl (C=O) groups is 1. The number of aromatic nitrogens is 4. The molecule has 8 heteroatoms. The van der Waals surface area contributed by atoms with Crippen molar-refractivity contribution in [2.45, 2.75) is 0 Å². The van der Waals surface area contributed by atoms with Crippen molar-refractivity contribution in [1.29, 1.82) is 0 Å². The molecule has 3 aromatic rings. The number of carbonyl (C=O) groups excluding carboxylic acids is 1. The summed E-state index contributed by atoms with van der Waals surface area (Å²) in [4.78, 5) is 12.3. The maximum atomic E-state index is 13.4. The van der Waals surface area contributed by atoms with Gasteiger partial charge in [-0.25, -0.2) is 8.78 Å². The Morgan fingerprint density at radius 2 is 1.91 bits per heavy atom. The fourth-order valence-electron chi connectivity index (χ4n) is 1.92. The van der Waals surface area contributed by atoms with Gasteiger partial charge in [0.2, 0.25) is 0 Å². The fourth-order valence-corrected chi connectivity index (χ4v) is 1.92. The molecule has 1 N–H and O–H groups in total. The fraction of sp³-hybridized carbons (Fsp3) is 0. The molecule has 6 nitrogen and oxygen atoms in total. The Hall–Kier alpha value is -3.16. The predicted octanol–water partition coefficient (Wildman–Crippen LogP) is 2.19. The SMILES string of the molecule is O=C(Nc1cccc(F)c1)c1ccc(F)cc1-n1cnnn1. The molecule has 0 bridgehead atoms. The minimum atomic E-state index is -0.534. The van der Waals surface area contributed by atoms with Crippen molar-refractivity contribution in [1.82, 2.24) is 20.2 Å². The van der Waals surface area contributed by atoms with E-state index >= 15 is 0 Å². The number of tetrazole rings is 1.